The first-order valence-corrected chi connectivity index (χ1v) is 11.9. The monoisotopic (exact) mass is 453 g/mol. The first-order chi connectivity index (χ1) is 15.3. The van der Waals surface area contributed by atoms with Crippen molar-refractivity contribution in [3.05, 3.63) is 76.7 Å². The minimum absolute atomic E-state index is 0.0981. The second kappa shape index (κ2) is 7.54. The molecule has 9 heteroatoms. The Bertz CT molecular complexity index is 1360. The molecule has 8 nitrogen and oxygen atoms in total. The van der Waals surface area contributed by atoms with Gasteiger partial charge in [-0.3, -0.25) is 9.36 Å². The first-order valence-electron chi connectivity index (χ1n) is 10.5. The van der Waals surface area contributed by atoms with Gasteiger partial charge in [0.2, 0.25) is 10.0 Å². The third-order valence-electron chi connectivity index (χ3n) is 6.48. The van der Waals surface area contributed by atoms with Crippen molar-refractivity contribution in [2.24, 2.45) is 5.73 Å². The number of hydrogen-bond acceptors (Lipinski definition) is 6. The molecular formula is C23H23N3O5S. The van der Waals surface area contributed by atoms with Gasteiger partial charge in [-0.2, -0.15) is 4.31 Å². The molecule has 1 spiro atoms. The van der Waals surface area contributed by atoms with Gasteiger partial charge < -0.3 is 10.5 Å². The number of aromatic nitrogens is 1. The van der Waals surface area contributed by atoms with Crippen molar-refractivity contribution in [1.82, 2.24) is 8.87 Å². The molecule has 0 bridgehead atoms. The van der Waals surface area contributed by atoms with Crippen molar-refractivity contribution < 1.29 is 17.9 Å². The number of hydrogen-bond donors (Lipinski definition) is 1. The SMILES string of the molecule is N[C@@H]1CCN(S(=O)(=O)c2cccc3c(=O)n(COC(=O)c4ccccc4)ccc23)C12CC2. The van der Waals surface area contributed by atoms with Gasteiger partial charge >= 0.3 is 5.97 Å². The topological polar surface area (TPSA) is 112 Å². The summed E-state index contributed by atoms with van der Waals surface area (Å²) in [5.41, 5.74) is 5.66. The molecule has 1 saturated heterocycles. The van der Waals surface area contributed by atoms with Crippen LogP contribution >= 0.6 is 0 Å². The van der Waals surface area contributed by atoms with Gasteiger partial charge in [0.15, 0.2) is 6.73 Å². The molecule has 1 aliphatic carbocycles. The second-order valence-corrected chi connectivity index (χ2v) is 10.1. The molecule has 0 amide bonds. The highest BCUT2D eigenvalue weighted by Crippen LogP contribution is 2.51. The number of sulfonamides is 1. The molecule has 1 aliphatic heterocycles. The first kappa shape index (κ1) is 20.9. The summed E-state index contributed by atoms with van der Waals surface area (Å²) in [6, 6.07) is 14.6. The number of carbonyl (C=O) groups is 1. The Hall–Kier alpha value is -3.01. The van der Waals surface area contributed by atoms with E-state index in [0.29, 0.717) is 23.9 Å². The van der Waals surface area contributed by atoms with Gasteiger partial charge in [-0.15, -0.1) is 0 Å². The molecule has 2 aliphatic rings. The van der Waals surface area contributed by atoms with Crippen LogP contribution in [0.25, 0.3) is 10.8 Å². The molecular weight excluding hydrogens is 430 g/mol. The Labute approximate surface area is 185 Å². The van der Waals surface area contributed by atoms with Crippen LogP contribution in [0.1, 0.15) is 29.6 Å². The summed E-state index contributed by atoms with van der Waals surface area (Å²) in [5.74, 6) is -0.547. The minimum atomic E-state index is -3.81. The van der Waals surface area contributed by atoms with E-state index in [9.17, 15) is 18.0 Å². The van der Waals surface area contributed by atoms with E-state index in [4.69, 9.17) is 10.5 Å². The Kier molecular flexibility index (Phi) is 4.92. The fraction of sp³-hybridized carbons (Fsp3) is 0.304. The highest BCUT2D eigenvalue weighted by Gasteiger charge is 2.60. The zero-order valence-electron chi connectivity index (χ0n) is 17.3. The van der Waals surface area contributed by atoms with Crippen molar-refractivity contribution >= 4 is 26.8 Å². The lowest BCUT2D eigenvalue weighted by atomic mass is 10.1. The van der Waals surface area contributed by atoms with E-state index in [1.165, 1.54) is 21.1 Å². The molecule has 166 valence electrons. The van der Waals surface area contributed by atoms with Crippen LogP contribution in [0, 0.1) is 0 Å². The third kappa shape index (κ3) is 3.24. The smallest absolute Gasteiger partial charge is 0.339 e. The van der Waals surface area contributed by atoms with Crippen LogP contribution in [0.3, 0.4) is 0 Å². The van der Waals surface area contributed by atoms with Crippen molar-refractivity contribution in [3.8, 4) is 0 Å². The van der Waals surface area contributed by atoms with Crippen LogP contribution < -0.4 is 11.3 Å². The van der Waals surface area contributed by atoms with Crippen LogP contribution in [0.15, 0.2) is 70.5 Å². The Balaban J connectivity index is 1.47. The Morgan fingerprint density at radius 1 is 1.06 bits per heavy atom. The van der Waals surface area contributed by atoms with E-state index in [2.05, 4.69) is 0 Å². The number of ether oxygens (including phenoxy) is 1. The lowest BCUT2D eigenvalue weighted by Crippen LogP contribution is -2.44. The van der Waals surface area contributed by atoms with Gasteiger partial charge in [-0.1, -0.05) is 24.3 Å². The number of fused-ring (bicyclic) bond motifs is 1. The second-order valence-electron chi connectivity index (χ2n) is 8.31. The number of benzene rings is 2. The molecule has 2 fully saturated rings. The molecule has 0 unspecified atom stereocenters. The molecule has 5 rings (SSSR count). The summed E-state index contributed by atoms with van der Waals surface area (Å²) in [5, 5.41) is 0.595. The maximum absolute atomic E-state index is 13.5. The molecule has 3 aromatic rings. The molecule has 2 aromatic carbocycles. The van der Waals surface area contributed by atoms with Crippen molar-refractivity contribution in [2.75, 3.05) is 6.54 Å². The summed E-state index contributed by atoms with van der Waals surface area (Å²) < 4.78 is 35.0. The lowest BCUT2D eigenvalue weighted by Gasteiger charge is -2.26. The summed E-state index contributed by atoms with van der Waals surface area (Å²) in [7, 11) is -3.81. The highest BCUT2D eigenvalue weighted by molar-refractivity contribution is 7.89. The normalized spacial score (nSPS) is 20.0. The zero-order chi connectivity index (χ0) is 22.5. The zero-order valence-corrected chi connectivity index (χ0v) is 18.1. The standard InChI is InChI=1S/C23H23N3O5S/c24-20-10-14-26(23(20)11-12-23)32(29,30)19-8-4-7-18-17(19)9-13-25(21(18)27)15-31-22(28)16-5-2-1-3-6-16/h1-9,13,20H,10-12,14-15,24H2/t20-/m1/s1. The summed E-state index contributed by atoms with van der Waals surface area (Å²) in [6.07, 6.45) is 3.60. The van der Waals surface area contributed by atoms with Gasteiger partial charge in [0.25, 0.3) is 5.56 Å². The summed E-state index contributed by atoms with van der Waals surface area (Å²) in [4.78, 5) is 25.3. The number of rotatable bonds is 5. The number of nitrogens with zero attached hydrogens (tertiary/aromatic N) is 2. The molecule has 1 atom stereocenters. The molecule has 32 heavy (non-hydrogen) atoms. The molecule has 0 radical (unpaired) electrons. The van der Waals surface area contributed by atoms with Crippen molar-refractivity contribution in [3.63, 3.8) is 0 Å². The lowest BCUT2D eigenvalue weighted by molar-refractivity contribution is 0.0367. The van der Waals surface area contributed by atoms with Gasteiger partial charge in [-0.25, -0.2) is 13.2 Å². The number of carbonyl (C=O) groups excluding carboxylic acids is 1. The van der Waals surface area contributed by atoms with E-state index in [1.807, 2.05) is 0 Å². The van der Waals surface area contributed by atoms with Crippen LogP contribution in [-0.2, 0) is 21.5 Å². The van der Waals surface area contributed by atoms with Crippen LogP contribution in [0.2, 0.25) is 0 Å². The van der Waals surface area contributed by atoms with Crippen LogP contribution in [0.4, 0.5) is 0 Å². The van der Waals surface area contributed by atoms with Crippen molar-refractivity contribution in [1.29, 1.82) is 0 Å². The van der Waals surface area contributed by atoms with Crippen LogP contribution in [0.5, 0.6) is 0 Å². The number of esters is 1. The van der Waals surface area contributed by atoms with E-state index in [0.717, 1.165) is 12.8 Å². The summed E-state index contributed by atoms with van der Waals surface area (Å²) in [6.45, 7) is 0.107. The maximum Gasteiger partial charge on any atom is 0.339 e. The predicted molar refractivity (Wildman–Crippen MR) is 119 cm³/mol. The predicted octanol–water partition coefficient (Wildman–Crippen LogP) is 2.07. The van der Waals surface area contributed by atoms with E-state index in [-0.39, 0.29) is 23.1 Å². The van der Waals surface area contributed by atoms with Gasteiger partial charge in [0, 0.05) is 29.6 Å². The average molecular weight is 454 g/mol. The van der Waals surface area contributed by atoms with E-state index in [1.54, 1.807) is 48.5 Å². The van der Waals surface area contributed by atoms with E-state index >= 15 is 0 Å². The third-order valence-corrected chi connectivity index (χ3v) is 8.52. The average Bonchev–Trinajstić information content (AvgIpc) is 3.53. The maximum atomic E-state index is 13.5. The molecule has 2 N–H and O–H groups in total. The Morgan fingerprint density at radius 3 is 2.53 bits per heavy atom. The fourth-order valence-corrected chi connectivity index (χ4v) is 6.65. The van der Waals surface area contributed by atoms with Gasteiger partial charge in [0.05, 0.1) is 16.0 Å². The van der Waals surface area contributed by atoms with Crippen LogP contribution in [-0.4, -0.2) is 41.4 Å². The largest absolute Gasteiger partial charge is 0.440 e. The van der Waals surface area contributed by atoms with E-state index < -0.39 is 27.1 Å². The Morgan fingerprint density at radius 2 is 1.81 bits per heavy atom. The number of pyridine rings is 1. The number of nitrogens with two attached hydrogens (primary N) is 1. The van der Waals surface area contributed by atoms with Gasteiger partial charge in [0.1, 0.15) is 0 Å². The highest BCUT2D eigenvalue weighted by atomic mass is 32.2. The van der Waals surface area contributed by atoms with Gasteiger partial charge in [-0.05, 0) is 49.6 Å². The molecule has 2 heterocycles. The molecule has 1 aromatic heterocycles. The summed E-state index contributed by atoms with van der Waals surface area (Å²) >= 11 is 0. The quantitative estimate of drug-likeness (QED) is 0.592. The fourth-order valence-electron chi connectivity index (χ4n) is 4.56. The molecule has 1 saturated carbocycles. The van der Waals surface area contributed by atoms with Crippen molar-refractivity contribution in [2.45, 2.75) is 42.5 Å². The minimum Gasteiger partial charge on any atom is -0.440 e.